The Morgan fingerprint density at radius 1 is 0.538 bits per heavy atom. The molecule has 0 N–H and O–H groups in total. The van der Waals surface area contributed by atoms with Crippen LogP contribution in [0.2, 0.25) is 0 Å². The molecule has 0 heterocycles. The van der Waals surface area contributed by atoms with Gasteiger partial charge in [-0.1, -0.05) is 52.4 Å². The van der Waals surface area contributed by atoms with Gasteiger partial charge in [-0.05, 0) is 12.8 Å². The van der Waals surface area contributed by atoms with Crippen LogP contribution >= 0.6 is 0 Å². The molecule has 0 atom stereocenters. The van der Waals surface area contributed by atoms with Crippen molar-refractivity contribution in [2.75, 3.05) is 39.6 Å². The number of carbonyl (C=O) groups excluding carboxylic acids is 2. The van der Waals surface area contributed by atoms with Crippen LogP contribution in [0.15, 0.2) is 0 Å². The second-order valence-corrected chi connectivity index (χ2v) is 6.29. The zero-order valence-electron chi connectivity index (χ0n) is 16.8. The van der Waals surface area contributed by atoms with Crippen LogP contribution in [0.1, 0.15) is 78.1 Å². The Morgan fingerprint density at radius 2 is 0.923 bits per heavy atom. The smallest absolute Gasteiger partial charge is 0.305 e. The summed E-state index contributed by atoms with van der Waals surface area (Å²) >= 11 is 0. The van der Waals surface area contributed by atoms with Gasteiger partial charge in [0.1, 0.15) is 13.2 Å². The highest BCUT2D eigenvalue weighted by Gasteiger charge is 2.03. The Labute approximate surface area is 158 Å². The van der Waals surface area contributed by atoms with Crippen LogP contribution in [0.5, 0.6) is 0 Å². The molecule has 0 rings (SSSR count). The molecule has 0 radical (unpaired) electrons. The molecule has 0 spiro atoms. The second kappa shape index (κ2) is 20.2. The van der Waals surface area contributed by atoms with E-state index in [4.69, 9.17) is 18.9 Å². The number of carbonyl (C=O) groups is 2. The maximum Gasteiger partial charge on any atom is 0.305 e. The molecule has 0 fully saturated rings. The summed E-state index contributed by atoms with van der Waals surface area (Å²) < 4.78 is 20.8. The van der Waals surface area contributed by atoms with Crippen molar-refractivity contribution in [1.82, 2.24) is 0 Å². The van der Waals surface area contributed by atoms with Gasteiger partial charge in [-0.25, -0.2) is 0 Å². The first-order valence-electron chi connectivity index (χ1n) is 10.2. The van der Waals surface area contributed by atoms with E-state index in [0.717, 1.165) is 51.4 Å². The van der Waals surface area contributed by atoms with E-state index in [0.29, 0.717) is 39.3 Å². The summed E-state index contributed by atoms with van der Waals surface area (Å²) in [6.07, 6.45) is 9.55. The minimum absolute atomic E-state index is 0.155. The third-order valence-corrected chi connectivity index (χ3v) is 3.82. The first-order chi connectivity index (χ1) is 12.7. The van der Waals surface area contributed by atoms with E-state index in [1.165, 1.54) is 0 Å². The third-order valence-electron chi connectivity index (χ3n) is 3.82. The Hall–Kier alpha value is -1.14. The normalized spacial score (nSPS) is 10.7. The van der Waals surface area contributed by atoms with Gasteiger partial charge in [-0.15, -0.1) is 0 Å². The number of rotatable bonds is 19. The van der Waals surface area contributed by atoms with Crippen LogP contribution < -0.4 is 0 Å². The van der Waals surface area contributed by atoms with Gasteiger partial charge in [-0.3, -0.25) is 9.59 Å². The first kappa shape index (κ1) is 24.9. The Morgan fingerprint density at radius 3 is 1.31 bits per heavy atom. The minimum Gasteiger partial charge on any atom is -0.463 e. The lowest BCUT2D eigenvalue weighted by molar-refractivity contribution is -0.147. The highest BCUT2D eigenvalue weighted by Crippen LogP contribution is 2.04. The SMILES string of the molecule is CCCCCCC(=O)OCCOCCOCCOC(=O)CCCCCC. The fourth-order valence-corrected chi connectivity index (χ4v) is 2.29. The largest absolute Gasteiger partial charge is 0.463 e. The maximum absolute atomic E-state index is 11.4. The van der Waals surface area contributed by atoms with E-state index in [1.807, 2.05) is 0 Å². The highest BCUT2D eigenvalue weighted by molar-refractivity contribution is 5.69. The number of unbranched alkanes of at least 4 members (excludes halogenated alkanes) is 6. The Kier molecular flexibility index (Phi) is 19.3. The molecule has 0 amide bonds. The molecule has 0 aliphatic rings. The van der Waals surface area contributed by atoms with Crippen LogP contribution in [-0.2, 0) is 28.5 Å². The molecule has 6 heteroatoms. The van der Waals surface area contributed by atoms with E-state index < -0.39 is 0 Å². The zero-order valence-corrected chi connectivity index (χ0v) is 16.8. The lowest BCUT2D eigenvalue weighted by Crippen LogP contribution is -2.15. The molecule has 154 valence electrons. The molecule has 0 unspecified atom stereocenters. The van der Waals surface area contributed by atoms with Crippen LogP contribution in [0.3, 0.4) is 0 Å². The summed E-state index contributed by atoms with van der Waals surface area (Å²) in [5.41, 5.74) is 0. The van der Waals surface area contributed by atoms with Crippen molar-refractivity contribution in [3.8, 4) is 0 Å². The maximum atomic E-state index is 11.4. The molecule has 0 aromatic rings. The minimum atomic E-state index is -0.155. The number of esters is 2. The van der Waals surface area contributed by atoms with Crippen molar-refractivity contribution >= 4 is 11.9 Å². The molecular formula is C20H38O6. The number of hydrogen-bond acceptors (Lipinski definition) is 6. The Balaban J connectivity index is 3.21. The third kappa shape index (κ3) is 19.2. The van der Waals surface area contributed by atoms with Crippen molar-refractivity contribution in [3.05, 3.63) is 0 Å². The summed E-state index contributed by atoms with van der Waals surface area (Å²) in [5, 5.41) is 0. The average molecular weight is 375 g/mol. The van der Waals surface area contributed by atoms with Gasteiger partial charge >= 0.3 is 11.9 Å². The molecule has 6 nitrogen and oxygen atoms in total. The summed E-state index contributed by atoms with van der Waals surface area (Å²) in [5.74, 6) is -0.310. The summed E-state index contributed by atoms with van der Waals surface area (Å²) in [6.45, 7) is 6.44. The van der Waals surface area contributed by atoms with Gasteiger partial charge in [-0.2, -0.15) is 0 Å². The molecule has 26 heavy (non-hydrogen) atoms. The quantitative estimate of drug-likeness (QED) is 0.251. The molecule has 0 aromatic carbocycles. The van der Waals surface area contributed by atoms with Crippen molar-refractivity contribution in [2.45, 2.75) is 78.1 Å². The topological polar surface area (TPSA) is 71.1 Å². The highest BCUT2D eigenvalue weighted by atomic mass is 16.6. The molecule has 0 saturated heterocycles. The van der Waals surface area contributed by atoms with E-state index >= 15 is 0 Å². The van der Waals surface area contributed by atoms with Gasteiger partial charge in [0.2, 0.25) is 0 Å². The zero-order chi connectivity index (χ0) is 19.3. The predicted octanol–water partition coefficient (Wildman–Crippen LogP) is 4.05. The second-order valence-electron chi connectivity index (χ2n) is 6.29. The van der Waals surface area contributed by atoms with E-state index in [1.54, 1.807) is 0 Å². The standard InChI is InChI=1S/C20H38O6/c1-3-5-7-9-11-19(21)25-17-15-23-13-14-24-16-18-26-20(22)12-10-8-6-4-2/h3-18H2,1-2H3. The van der Waals surface area contributed by atoms with Crippen molar-refractivity contribution in [1.29, 1.82) is 0 Å². The number of hydrogen-bond donors (Lipinski definition) is 0. The number of ether oxygens (including phenoxy) is 4. The van der Waals surface area contributed by atoms with Gasteiger partial charge < -0.3 is 18.9 Å². The lowest BCUT2D eigenvalue weighted by Gasteiger charge is -2.08. The van der Waals surface area contributed by atoms with E-state index in [-0.39, 0.29) is 25.2 Å². The summed E-state index contributed by atoms with van der Waals surface area (Å²) in [7, 11) is 0. The Bertz CT molecular complexity index is 300. The van der Waals surface area contributed by atoms with Crippen LogP contribution in [0.4, 0.5) is 0 Å². The van der Waals surface area contributed by atoms with Gasteiger partial charge in [0.25, 0.3) is 0 Å². The molecule has 0 saturated carbocycles. The lowest BCUT2D eigenvalue weighted by atomic mass is 10.2. The van der Waals surface area contributed by atoms with Crippen molar-refractivity contribution in [2.24, 2.45) is 0 Å². The summed E-state index contributed by atoms with van der Waals surface area (Å²) in [6, 6.07) is 0. The molecule has 0 bridgehead atoms. The van der Waals surface area contributed by atoms with Crippen molar-refractivity contribution in [3.63, 3.8) is 0 Å². The van der Waals surface area contributed by atoms with Crippen LogP contribution in [-0.4, -0.2) is 51.6 Å². The fraction of sp³-hybridized carbons (Fsp3) is 0.900. The van der Waals surface area contributed by atoms with Crippen LogP contribution in [0.25, 0.3) is 0 Å². The summed E-state index contributed by atoms with van der Waals surface area (Å²) in [4.78, 5) is 22.8. The molecule has 0 aromatic heterocycles. The average Bonchev–Trinajstić information content (AvgIpc) is 2.64. The van der Waals surface area contributed by atoms with Crippen molar-refractivity contribution < 1.29 is 28.5 Å². The molecule has 0 aliphatic heterocycles. The van der Waals surface area contributed by atoms with E-state index in [2.05, 4.69) is 13.8 Å². The first-order valence-corrected chi connectivity index (χ1v) is 10.2. The van der Waals surface area contributed by atoms with Crippen LogP contribution in [0, 0.1) is 0 Å². The van der Waals surface area contributed by atoms with Gasteiger partial charge in [0.05, 0.1) is 26.4 Å². The monoisotopic (exact) mass is 374 g/mol. The predicted molar refractivity (Wildman–Crippen MR) is 101 cm³/mol. The van der Waals surface area contributed by atoms with Gasteiger partial charge in [0, 0.05) is 12.8 Å². The molecule has 0 aliphatic carbocycles. The fourth-order valence-electron chi connectivity index (χ4n) is 2.29. The van der Waals surface area contributed by atoms with Gasteiger partial charge in [0.15, 0.2) is 0 Å². The van der Waals surface area contributed by atoms with E-state index in [9.17, 15) is 9.59 Å². The molecular weight excluding hydrogens is 336 g/mol.